The van der Waals surface area contributed by atoms with Crippen molar-refractivity contribution in [1.82, 2.24) is 25.5 Å². The van der Waals surface area contributed by atoms with Crippen LogP contribution >= 0.6 is 11.8 Å². The Morgan fingerprint density at radius 2 is 1.76 bits per heavy atom. The van der Waals surface area contributed by atoms with Crippen LogP contribution in [0.1, 0.15) is 37.7 Å². The minimum absolute atomic E-state index is 0.0385. The number of imide groups is 1. The minimum Gasteiger partial charge on any atom is -0.486 e. The van der Waals surface area contributed by atoms with E-state index in [1.807, 2.05) is 54.6 Å². The number of hydrogen-bond acceptors (Lipinski definition) is 7. The zero-order valence-corrected chi connectivity index (χ0v) is 19.7. The molecular formula is C23H28N6O3S. The molecule has 0 aliphatic heterocycles. The number of nitrogens with one attached hydrogen (secondary N) is 2. The third-order valence-corrected chi connectivity index (χ3v) is 5.65. The molecule has 10 heteroatoms. The predicted molar refractivity (Wildman–Crippen MR) is 127 cm³/mol. The van der Waals surface area contributed by atoms with Gasteiger partial charge in [0.25, 0.3) is 0 Å². The second-order valence-electron chi connectivity index (χ2n) is 8.34. The number of thioether (sulfide) groups is 1. The van der Waals surface area contributed by atoms with Gasteiger partial charge in [-0.2, -0.15) is 0 Å². The lowest BCUT2D eigenvalue weighted by Crippen LogP contribution is -2.40. The maximum absolute atomic E-state index is 12.0. The van der Waals surface area contributed by atoms with Gasteiger partial charge in [-0.1, -0.05) is 75.0 Å². The molecule has 0 spiro atoms. The van der Waals surface area contributed by atoms with Crippen LogP contribution in [0.2, 0.25) is 0 Å². The molecule has 0 aliphatic rings. The fourth-order valence-electron chi connectivity index (χ4n) is 2.82. The van der Waals surface area contributed by atoms with Gasteiger partial charge in [0.1, 0.15) is 12.4 Å². The van der Waals surface area contributed by atoms with Gasteiger partial charge in [-0.15, -0.1) is 10.2 Å². The van der Waals surface area contributed by atoms with E-state index in [4.69, 9.17) is 10.6 Å². The Bertz CT molecular complexity index is 1080. The second kappa shape index (κ2) is 10.9. The Kier molecular flexibility index (Phi) is 7.94. The molecule has 0 radical (unpaired) electrons. The van der Waals surface area contributed by atoms with Gasteiger partial charge in [0, 0.05) is 6.54 Å². The lowest BCUT2D eigenvalue weighted by molar-refractivity contribution is -0.117. The molecule has 3 rings (SSSR count). The highest BCUT2D eigenvalue weighted by Crippen LogP contribution is 2.24. The molecule has 4 N–H and O–H groups in total. The van der Waals surface area contributed by atoms with E-state index in [2.05, 4.69) is 41.6 Å². The Morgan fingerprint density at radius 1 is 1.06 bits per heavy atom. The smallest absolute Gasteiger partial charge is 0.321 e. The van der Waals surface area contributed by atoms with Crippen LogP contribution in [0.3, 0.4) is 0 Å². The van der Waals surface area contributed by atoms with E-state index in [0.717, 1.165) is 17.3 Å². The molecule has 0 bridgehead atoms. The van der Waals surface area contributed by atoms with E-state index in [1.54, 1.807) is 0 Å². The highest BCUT2D eigenvalue weighted by molar-refractivity contribution is 7.99. The lowest BCUT2D eigenvalue weighted by Gasteiger charge is -2.19. The van der Waals surface area contributed by atoms with Crippen molar-refractivity contribution in [3.8, 4) is 5.75 Å². The fraction of sp³-hybridized carbons (Fsp3) is 0.304. The van der Waals surface area contributed by atoms with Crippen LogP contribution in [0.5, 0.6) is 5.75 Å². The number of rotatable bonds is 8. The summed E-state index contributed by atoms with van der Waals surface area (Å²) in [5.41, 5.74) is 2.21. The fourth-order valence-corrected chi connectivity index (χ4v) is 3.49. The minimum atomic E-state index is -0.565. The van der Waals surface area contributed by atoms with Crippen LogP contribution in [-0.2, 0) is 23.4 Å². The number of nitrogens with two attached hydrogens (primary N) is 1. The van der Waals surface area contributed by atoms with Gasteiger partial charge in [0.15, 0.2) is 5.82 Å². The van der Waals surface area contributed by atoms with Crippen LogP contribution in [-0.4, -0.2) is 32.6 Å². The first-order valence-electron chi connectivity index (χ1n) is 10.4. The van der Waals surface area contributed by atoms with Crippen molar-refractivity contribution in [2.75, 3.05) is 11.6 Å². The van der Waals surface area contributed by atoms with Crippen LogP contribution in [0.15, 0.2) is 59.8 Å². The largest absolute Gasteiger partial charge is 0.486 e. The van der Waals surface area contributed by atoms with Crippen molar-refractivity contribution in [2.45, 2.75) is 44.5 Å². The first-order valence-corrected chi connectivity index (χ1v) is 11.4. The third kappa shape index (κ3) is 7.25. The van der Waals surface area contributed by atoms with Gasteiger partial charge >= 0.3 is 6.03 Å². The Balaban J connectivity index is 1.43. The van der Waals surface area contributed by atoms with Crippen LogP contribution < -0.4 is 21.2 Å². The van der Waals surface area contributed by atoms with E-state index in [0.29, 0.717) is 23.3 Å². The SMILES string of the molecule is CC(C)(C)c1ccc(OCc2nnc(SCC(=O)NC(=O)NCc3ccccc3)n2N)cc1. The summed E-state index contributed by atoms with van der Waals surface area (Å²) in [6.07, 6.45) is 0. The van der Waals surface area contributed by atoms with E-state index >= 15 is 0 Å². The first kappa shape index (κ1) is 24.1. The molecule has 0 fully saturated rings. The van der Waals surface area contributed by atoms with Crippen LogP contribution in [0, 0.1) is 0 Å². The summed E-state index contributed by atoms with van der Waals surface area (Å²) in [6.45, 7) is 6.91. The Hall–Kier alpha value is -3.53. The van der Waals surface area contributed by atoms with E-state index in [-0.39, 0.29) is 17.8 Å². The van der Waals surface area contributed by atoms with Gasteiger partial charge in [0.2, 0.25) is 11.1 Å². The maximum Gasteiger partial charge on any atom is 0.321 e. The van der Waals surface area contributed by atoms with Gasteiger partial charge in [-0.3, -0.25) is 10.1 Å². The van der Waals surface area contributed by atoms with Gasteiger partial charge < -0.3 is 15.9 Å². The van der Waals surface area contributed by atoms with Gasteiger partial charge in [-0.05, 0) is 28.7 Å². The molecule has 0 saturated carbocycles. The van der Waals surface area contributed by atoms with Gasteiger partial charge in [-0.25, -0.2) is 9.47 Å². The zero-order chi connectivity index (χ0) is 23.8. The van der Waals surface area contributed by atoms with E-state index in [9.17, 15) is 9.59 Å². The molecule has 0 aliphatic carbocycles. The normalized spacial score (nSPS) is 11.1. The van der Waals surface area contributed by atoms with Crippen molar-refractivity contribution in [1.29, 1.82) is 0 Å². The molecular weight excluding hydrogens is 440 g/mol. The number of carbonyl (C=O) groups is 2. The van der Waals surface area contributed by atoms with Crippen molar-refractivity contribution in [3.63, 3.8) is 0 Å². The topological polar surface area (TPSA) is 124 Å². The third-order valence-electron chi connectivity index (χ3n) is 4.70. The Labute approximate surface area is 197 Å². The van der Waals surface area contributed by atoms with E-state index < -0.39 is 11.9 Å². The summed E-state index contributed by atoms with van der Waals surface area (Å²) in [5, 5.41) is 13.3. The molecule has 0 atom stereocenters. The maximum atomic E-state index is 12.0. The average Bonchev–Trinajstić information content (AvgIpc) is 3.14. The molecule has 9 nitrogen and oxygen atoms in total. The number of ether oxygens (including phenoxy) is 1. The highest BCUT2D eigenvalue weighted by Gasteiger charge is 2.15. The summed E-state index contributed by atoms with van der Waals surface area (Å²) in [7, 11) is 0. The molecule has 3 aromatic rings. The second-order valence-corrected chi connectivity index (χ2v) is 9.28. The number of aromatic nitrogens is 3. The average molecular weight is 469 g/mol. The number of nitrogens with zero attached hydrogens (tertiary/aromatic N) is 3. The summed E-state index contributed by atoms with van der Waals surface area (Å²) in [6, 6.07) is 16.7. The molecule has 3 amide bonds. The summed E-state index contributed by atoms with van der Waals surface area (Å²) in [4.78, 5) is 23.9. The monoisotopic (exact) mass is 468 g/mol. The standard InChI is InChI=1S/C23H28N6O3S/c1-23(2,3)17-9-11-18(12-10-17)32-14-19-27-28-22(29(19)24)33-15-20(30)26-21(31)25-13-16-7-5-4-6-8-16/h4-12H,13-15,24H2,1-3H3,(H2,25,26,30,31). The van der Waals surface area contributed by atoms with Crippen molar-refractivity contribution >= 4 is 23.7 Å². The van der Waals surface area contributed by atoms with Crippen molar-refractivity contribution < 1.29 is 14.3 Å². The number of benzene rings is 2. The molecule has 1 aromatic heterocycles. The van der Waals surface area contributed by atoms with Crippen LogP contribution in [0.25, 0.3) is 0 Å². The van der Waals surface area contributed by atoms with Crippen LogP contribution in [0.4, 0.5) is 4.79 Å². The first-order chi connectivity index (χ1) is 15.7. The molecule has 174 valence electrons. The number of amides is 3. The zero-order valence-electron chi connectivity index (χ0n) is 18.9. The highest BCUT2D eigenvalue weighted by atomic mass is 32.2. The molecule has 1 heterocycles. The van der Waals surface area contributed by atoms with Gasteiger partial charge in [0.05, 0.1) is 5.75 Å². The number of hydrogen-bond donors (Lipinski definition) is 3. The van der Waals surface area contributed by atoms with Crippen molar-refractivity contribution in [2.24, 2.45) is 0 Å². The number of nitrogen functional groups attached to an aromatic ring is 1. The Morgan fingerprint density at radius 3 is 2.42 bits per heavy atom. The van der Waals surface area contributed by atoms with E-state index in [1.165, 1.54) is 10.2 Å². The molecule has 2 aromatic carbocycles. The molecule has 33 heavy (non-hydrogen) atoms. The summed E-state index contributed by atoms with van der Waals surface area (Å²) < 4.78 is 7.03. The molecule has 0 unspecified atom stereocenters. The quantitative estimate of drug-likeness (QED) is 0.343. The molecule has 0 saturated heterocycles. The number of urea groups is 1. The lowest BCUT2D eigenvalue weighted by atomic mass is 9.87. The summed E-state index contributed by atoms with van der Waals surface area (Å²) >= 11 is 1.08. The van der Waals surface area contributed by atoms with Crippen molar-refractivity contribution in [3.05, 3.63) is 71.5 Å². The predicted octanol–water partition coefficient (Wildman–Crippen LogP) is 2.99. The summed E-state index contributed by atoms with van der Waals surface area (Å²) in [5.74, 6) is 6.63. The number of carbonyl (C=O) groups excluding carboxylic acids is 2.